The van der Waals surface area contributed by atoms with E-state index in [-0.39, 0.29) is 0 Å². The Kier molecular flexibility index (Phi) is 5.54. The summed E-state index contributed by atoms with van der Waals surface area (Å²) in [7, 11) is -0.839. The summed E-state index contributed by atoms with van der Waals surface area (Å²) in [6, 6.07) is 16.9. The van der Waals surface area contributed by atoms with Crippen molar-refractivity contribution in [2.75, 3.05) is 0 Å². The number of hydrogen-bond donors (Lipinski definition) is 0. The predicted octanol–water partition coefficient (Wildman–Crippen LogP) is 4.26. The Bertz CT molecular complexity index is 503. The Morgan fingerprint density at radius 1 is 0.650 bits per heavy atom. The zero-order chi connectivity index (χ0) is 14.4. The van der Waals surface area contributed by atoms with Crippen LogP contribution in [0.3, 0.4) is 0 Å². The van der Waals surface area contributed by atoms with E-state index < -0.39 is 10.8 Å². The van der Waals surface area contributed by atoms with E-state index in [9.17, 15) is 4.21 Å². The normalized spacial score (nSPS) is 10.9. The summed E-state index contributed by atoms with van der Waals surface area (Å²) in [5.41, 5.74) is 4.97. The second-order valence-corrected chi connectivity index (χ2v) is 6.53. The van der Waals surface area contributed by atoms with E-state index in [4.69, 9.17) is 0 Å². The monoisotopic (exact) mass is 286 g/mol. The molecule has 0 aliphatic rings. The molecule has 0 amide bonds. The van der Waals surface area contributed by atoms with Gasteiger partial charge in [0.1, 0.15) is 0 Å². The molecule has 106 valence electrons. The molecule has 0 atom stereocenters. The first-order valence-electron chi connectivity index (χ1n) is 7.22. The van der Waals surface area contributed by atoms with Crippen molar-refractivity contribution < 1.29 is 4.21 Å². The van der Waals surface area contributed by atoms with E-state index >= 15 is 0 Å². The van der Waals surface area contributed by atoms with Gasteiger partial charge in [-0.05, 0) is 35.1 Å². The van der Waals surface area contributed by atoms with Gasteiger partial charge in [0.15, 0.2) is 0 Å². The van der Waals surface area contributed by atoms with Crippen molar-refractivity contribution in [3.8, 4) is 0 Å². The van der Waals surface area contributed by atoms with Gasteiger partial charge in [0.2, 0.25) is 0 Å². The minimum atomic E-state index is -0.839. The lowest BCUT2D eigenvalue weighted by molar-refractivity contribution is 0.682. The van der Waals surface area contributed by atoms with Gasteiger partial charge in [0.25, 0.3) is 0 Å². The zero-order valence-electron chi connectivity index (χ0n) is 12.3. The SMILES string of the molecule is CCc1ccc(CS(=O)Cc2ccc(CC)cc2)cc1. The van der Waals surface area contributed by atoms with E-state index in [0.29, 0.717) is 11.5 Å². The van der Waals surface area contributed by atoms with Gasteiger partial charge in [-0.1, -0.05) is 62.4 Å². The lowest BCUT2D eigenvalue weighted by Crippen LogP contribution is -2.00. The zero-order valence-corrected chi connectivity index (χ0v) is 13.1. The quantitative estimate of drug-likeness (QED) is 0.775. The Labute approximate surface area is 124 Å². The number of benzene rings is 2. The maximum atomic E-state index is 12.2. The average molecular weight is 286 g/mol. The molecule has 2 heteroatoms. The topological polar surface area (TPSA) is 17.1 Å². The van der Waals surface area contributed by atoms with Crippen LogP contribution >= 0.6 is 0 Å². The van der Waals surface area contributed by atoms with Crippen LogP contribution in [0.5, 0.6) is 0 Å². The third kappa shape index (κ3) is 4.31. The summed E-state index contributed by atoms with van der Waals surface area (Å²) < 4.78 is 12.2. The third-order valence-corrected chi connectivity index (χ3v) is 4.83. The summed E-state index contributed by atoms with van der Waals surface area (Å²) in [6.07, 6.45) is 2.10. The fourth-order valence-electron chi connectivity index (χ4n) is 2.17. The van der Waals surface area contributed by atoms with Gasteiger partial charge in [-0.2, -0.15) is 0 Å². The molecule has 1 nitrogen and oxygen atoms in total. The fraction of sp³-hybridized carbons (Fsp3) is 0.333. The highest BCUT2D eigenvalue weighted by molar-refractivity contribution is 7.83. The Morgan fingerprint density at radius 3 is 1.25 bits per heavy atom. The second kappa shape index (κ2) is 7.39. The summed E-state index contributed by atoms with van der Waals surface area (Å²) in [5, 5.41) is 0. The molecule has 0 radical (unpaired) electrons. The number of aryl methyl sites for hydroxylation is 2. The van der Waals surface area contributed by atoms with Crippen LogP contribution < -0.4 is 0 Å². The van der Waals surface area contributed by atoms with Gasteiger partial charge >= 0.3 is 0 Å². The Hall–Kier alpha value is -1.41. The molecule has 2 aromatic rings. The van der Waals surface area contributed by atoms with Crippen LogP contribution in [0.25, 0.3) is 0 Å². The molecule has 0 heterocycles. The van der Waals surface area contributed by atoms with E-state index in [0.717, 1.165) is 24.0 Å². The molecule has 2 aromatic carbocycles. The summed E-state index contributed by atoms with van der Waals surface area (Å²) in [6.45, 7) is 4.29. The van der Waals surface area contributed by atoms with Crippen LogP contribution in [0.15, 0.2) is 48.5 Å². The van der Waals surface area contributed by atoms with E-state index in [1.807, 2.05) is 0 Å². The molecule has 0 fully saturated rings. The smallest absolute Gasteiger partial charge is 0.0489 e. The minimum Gasteiger partial charge on any atom is -0.259 e. The lowest BCUT2D eigenvalue weighted by Gasteiger charge is -2.05. The highest BCUT2D eigenvalue weighted by atomic mass is 32.2. The Balaban J connectivity index is 1.93. The fourth-order valence-corrected chi connectivity index (χ4v) is 3.40. The maximum Gasteiger partial charge on any atom is 0.0489 e. The summed E-state index contributed by atoms with van der Waals surface area (Å²) >= 11 is 0. The molecule has 0 N–H and O–H groups in total. The standard InChI is InChI=1S/C18H22OS/c1-3-15-5-9-17(10-6-15)13-20(19)14-18-11-7-16(4-2)8-12-18/h5-12H,3-4,13-14H2,1-2H3. The number of rotatable bonds is 6. The molecule has 0 spiro atoms. The van der Waals surface area contributed by atoms with Crippen molar-refractivity contribution in [3.63, 3.8) is 0 Å². The first-order valence-corrected chi connectivity index (χ1v) is 8.70. The van der Waals surface area contributed by atoms with Gasteiger partial charge in [0, 0.05) is 22.3 Å². The van der Waals surface area contributed by atoms with Gasteiger partial charge in [-0.15, -0.1) is 0 Å². The van der Waals surface area contributed by atoms with E-state index in [1.54, 1.807) is 0 Å². The second-order valence-electron chi connectivity index (χ2n) is 5.07. The highest BCUT2D eigenvalue weighted by Crippen LogP contribution is 2.12. The van der Waals surface area contributed by atoms with Gasteiger partial charge < -0.3 is 0 Å². The van der Waals surface area contributed by atoms with Crippen molar-refractivity contribution >= 4 is 10.8 Å². The maximum absolute atomic E-state index is 12.2. The van der Waals surface area contributed by atoms with Gasteiger partial charge in [-0.3, -0.25) is 4.21 Å². The molecule has 2 rings (SSSR count). The Morgan fingerprint density at radius 2 is 0.950 bits per heavy atom. The van der Waals surface area contributed by atoms with Gasteiger partial charge in [-0.25, -0.2) is 0 Å². The van der Waals surface area contributed by atoms with Crippen molar-refractivity contribution in [1.29, 1.82) is 0 Å². The molecule has 0 bridgehead atoms. The van der Waals surface area contributed by atoms with Crippen molar-refractivity contribution in [2.45, 2.75) is 38.2 Å². The predicted molar refractivity (Wildman–Crippen MR) is 87.2 cm³/mol. The van der Waals surface area contributed by atoms with Crippen LogP contribution in [-0.4, -0.2) is 4.21 Å². The summed E-state index contributed by atoms with van der Waals surface area (Å²) in [4.78, 5) is 0. The molecular weight excluding hydrogens is 264 g/mol. The molecule has 0 aliphatic carbocycles. The molecule has 0 aliphatic heterocycles. The van der Waals surface area contributed by atoms with Crippen LogP contribution in [0.4, 0.5) is 0 Å². The third-order valence-electron chi connectivity index (χ3n) is 3.52. The van der Waals surface area contributed by atoms with Crippen LogP contribution in [0, 0.1) is 0 Å². The van der Waals surface area contributed by atoms with Crippen LogP contribution in [0.1, 0.15) is 36.1 Å². The first-order chi connectivity index (χ1) is 9.71. The highest BCUT2D eigenvalue weighted by Gasteiger charge is 2.04. The molecule has 0 saturated carbocycles. The molecule has 20 heavy (non-hydrogen) atoms. The van der Waals surface area contributed by atoms with Crippen LogP contribution in [-0.2, 0) is 35.1 Å². The van der Waals surface area contributed by atoms with E-state index in [2.05, 4.69) is 62.4 Å². The van der Waals surface area contributed by atoms with Crippen molar-refractivity contribution in [3.05, 3.63) is 70.8 Å². The molecule has 0 saturated heterocycles. The molecule has 0 aromatic heterocycles. The lowest BCUT2D eigenvalue weighted by atomic mass is 10.1. The largest absolute Gasteiger partial charge is 0.259 e. The first kappa shape index (κ1) is 15.0. The number of hydrogen-bond acceptors (Lipinski definition) is 1. The molecule has 0 unspecified atom stereocenters. The van der Waals surface area contributed by atoms with E-state index in [1.165, 1.54) is 11.1 Å². The van der Waals surface area contributed by atoms with Crippen molar-refractivity contribution in [1.82, 2.24) is 0 Å². The van der Waals surface area contributed by atoms with Crippen molar-refractivity contribution in [2.24, 2.45) is 0 Å². The minimum absolute atomic E-state index is 0.638. The average Bonchev–Trinajstić information content (AvgIpc) is 2.49. The molecular formula is C18H22OS. The van der Waals surface area contributed by atoms with Gasteiger partial charge in [0.05, 0.1) is 0 Å². The van der Waals surface area contributed by atoms with Crippen LogP contribution in [0.2, 0.25) is 0 Å². The summed E-state index contributed by atoms with van der Waals surface area (Å²) in [5.74, 6) is 1.28.